The van der Waals surface area contributed by atoms with Gasteiger partial charge in [0.25, 0.3) is 0 Å². The van der Waals surface area contributed by atoms with E-state index in [0.29, 0.717) is 6.61 Å². The van der Waals surface area contributed by atoms with Crippen LogP contribution < -0.4 is 34.7 Å². The van der Waals surface area contributed by atoms with Crippen LogP contribution in [0.15, 0.2) is 17.1 Å². The predicted molar refractivity (Wildman–Crippen MR) is 115 cm³/mol. The molecular formula is C23H39N2NaO4. The Bertz CT molecular complexity index is 523. The van der Waals surface area contributed by atoms with Gasteiger partial charge in [-0.25, -0.2) is 4.79 Å². The van der Waals surface area contributed by atoms with Crippen LogP contribution >= 0.6 is 0 Å². The van der Waals surface area contributed by atoms with Crippen LogP contribution in [0, 0.1) is 0 Å². The number of nitrogens with zero attached hydrogens (tertiary/aromatic N) is 2. The van der Waals surface area contributed by atoms with Crippen LogP contribution in [0.1, 0.15) is 96.8 Å². The first-order valence-corrected chi connectivity index (χ1v) is 11.5. The van der Waals surface area contributed by atoms with E-state index in [1.807, 2.05) is 0 Å². The Hall–Kier alpha value is -0.850. The molecule has 0 bridgehead atoms. The summed E-state index contributed by atoms with van der Waals surface area (Å²) in [7, 11) is 0. The number of aliphatic imine (C=N–C) groups is 1. The molecule has 0 unspecified atom stereocenters. The number of hydrogen-bond acceptors (Lipinski definition) is 5. The van der Waals surface area contributed by atoms with E-state index >= 15 is 0 Å². The van der Waals surface area contributed by atoms with Crippen LogP contribution in [-0.4, -0.2) is 42.5 Å². The molecular weight excluding hydrogens is 391 g/mol. The zero-order valence-corrected chi connectivity index (χ0v) is 21.2. The van der Waals surface area contributed by atoms with Crippen molar-refractivity contribution in [2.24, 2.45) is 4.99 Å². The van der Waals surface area contributed by atoms with Crippen molar-refractivity contribution in [3.05, 3.63) is 12.2 Å². The average molecular weight is 431 g/mol. The number of carbonyl (C=O) groups is 2. The van der Waals surface area contributed by atoms with E-state index < -0.39 is 12.1 Å². The van der Waals surface area contributed by atoms with Crippen molar-refractivity contribution < 1.29 is 49.0 Å². The number of amides is 1. The Morgan fingerprint density at radius 3 is 2.03 bits per heavy atom. The Balaban J connectivity index is 0.00000841. The van der Waals surface area contributed by atoms with Crippen molar-refractivity contribution in [3.8, 4) is 0 Å². The number of aliphatic carboxylic acids is 1. The maximum atomic E-state index is 11.8. The van der Waals surface area contributed by atoms with Crippen molar-refractivity contribution in [2.45, 2.75) is 96.8 Å². The summed E-state index contributed by atoms with van der Waals surface area (Å²) in [4.78, 5) is 27.5. The molecule has 0 aromatic carbocycles. The number of carboxylic acid groups (broad SMARTS) is 1. The molecule has 0 saturated carbocycles. The van der Waals surface area contributed by atoms with Crippen LogP contribution in [-0.2, 0) is 9.53 Å². The maximum Gasteiger partial charge on any atom is 1.00 e. The molecule has 166 valence electrons. The fraction of sp³-hybridized carbons (Fsp3) is 0.783. The molecule has 30 heavy (non-hydrogen) atoms. The molecule has 0 N–H and O–H groups in total. The Morgan fingerprint density at radius 2 is 1.47 bits per heavy atom. The molecule has 0 saturated heterocycles. The third-order valence-corrected chi connectivity index (χ3v) is 5.13. The SMILES string of the molecule is CCCCCCCC/C=C\CCCCCCCCOC(=O)N1CCN=C1C(=O)[O-].[Na+]. The number of amidine groups is 1. The second kappa shape index (κ2) is 20.1. The monoisotopic (exact) mass is 430 g/mol. The number of rotatable bonds is 17. The van der Waals surface area contributed by atoms with Gasteiger partial charge in [0.2, 0.25) is 0 Å². The molecule has 1 aliphatic rings. The van der Waals surface area contributed by atoms with Gasteiger partial charge in [-0.3, -0.25) is 9.89 Å². The van der Waals surface area contributed by atoms with Crippen molar-refractivity contribution in [2.75, 3.05) is 19.7 Å². The molecule has 0 aromatic heterocycles. The zero-order valence-electron chi connectivity index (χ0n) is 19.2. The van der Waals surface area contributed by atoms with Gasteiger partial charge in [-0.15, -0.1) is 0 Å². The number of allylic oxidation sites excluding steroid dienone is 2. The van der Waals surface area contributed by atoms with E-state index in [9.17, 15) is 14.7 Å². The van der Waals surface area contributed by atoms with Gasteiger partial charge in [0, 0.05) is 0 Å². The van der Waals surface area contributed by atoms with E-state index in [2.05, 4.69) is 24.1 Å². The first-order valence-electron chi connectivity index (χ1n) is 11.5. The predicted octanol–water partition coefficient (Wildman–Crippen LogP) is 1.63. The van der Waals surface area contributed by atoms with Crippen molar-refractivity contribution in [1.82, 2.24) is 4.90 Å². The van der Waals surface area contributed by atoms with Crippen LogP contribution in [0.25, 0.3) is 0 Å². The summed E-state index contributed by atoms with van der Waals surface area (Å²) in [6.07, 6.45) is 21.2. The van der Waals surface area contributed by atoms with Crippen LogP contribution in [0.5, 0.6) is 0 Å². The fourth-order valence-electron chi connectivity index (χ4n) is 3.39. The molecule has 7 heteroatoms. The minimum Gasteiger partial charge on any atom is -0.542 e. The molecule has 6 nitrogen and oxygen atoms in total. The molecule has 0 aromatic rings. The second-order valence-electron chi connectivity index (χ2n) is 7.70. The van der Waals surface area contributed by atoms with Crippen molar-refractivity contribution >= 4 is 17.9 Å². The summed E-state index contributed by atoms with van der Waals surface area (Å²) < 4.78 is 5.13. The van der Waals surface area contributed by atoms with Gasteiger partial charge in [-0.2, -0.15) is 0 Å². The number of unbranched alkanes of at least 4 members (excludes halogenated alkanes) is 12. The van der Waals surface area contributed by atoms with E-state index in [-0.39, 0.29) is 48.5 Å². The van der Waals surface area contributed by atoms with E-state index in [1.54, 1.807) is 0 Å². The molecule has 0 atom stereocenters. The molecule has 1 aliphatic heterocycles. The molecule has 1 heterocycles. The van der Waals surface area contributed by atoms with Crippen LogP contribution in [0.3, 0.4) is 0 Å². The van der Waals surface area contributed by atoms with Crippen LogP contribution in [0.4, 0.5) is 4.79 Å². The van der Waals surface area contributed by atoms with Crippen LogP contribution in [0.2, 0.25) is 0 Å². The summed E-state index contributed by atoms with van der Waals surface area (Å²) in [5.74, 6) is -1.76. The van der Waals surface area contributed by atoms with Gasteiger partial charge in [-0.05, 0) is 32.1 Å². The minimum absolute atomic E-state index is 0. The molecule has 0 spiro atoms. The molecule has 1 amide bonds. The number of carboxylic acids is 1. The van der Waals surface area contributed by atoms with Gasteiger partial charge in [0.1, 0.15) is 5.97 Å². The van der Waals surface area contributed by atoms with Gasteiger partial charge in [0.05, 0.1) is 19.7 Å². The standard InChI is InChI=1S/C23H40N2O4.Na/c1-2-3-4-5-6-7-8-9-10-11-12-13-14-15-16-17-20-29-23(28)25-19-18-24-21(25)22(26)27;/h9-10H,2-8,11-20H2,1H3,(H,26,27);/q;+1/p-1/b10-9-;. The van der Waals surface area contributed by atoms with Gasteiger partial charge in [0.15, 0.2) is 5.84 Å². The molecule has 0 radical (unpaired) electrons. The Labute approximate surface area is 204 Å². The fourth-order valence-corrected chi connectivity index (χ4v) is 3.39. The normalized spacial score (nSPS) is 13.4. The summed E-state index contributed by atoms with van der Waals surface area (Å²) in [5.41, 5.74) is 0. The number of ether oxygens (including phenoxy) is 1. The zero-order chi connectivity index (χ0) is 21.2. The van der Waals surface area contributed by atoms with Gasteiger partial charge < -0.3 is 14.6 Å². The molecule has 0 aliphatic carbocycles. The summed E-state index contributed by atoms with van der Waals surface area (Å²) in [6.45, 7) is 3.10. The van der Waals surface area contributed by atoms with Crippen molar-refractivity contribution in [1.29, 1.82) is 0 Å². The Morgan fingerprint density at radius 1 is 0.933 bits per heavy atom. The minimum atomic E-state index is -1.43. The smallest absolute Gasteiger partial charge is 0.542 e. The summed E-state index contributed by atoms with van der Waals surface area (Å²) >= 11 is 0. The van der Waals surface area contributed by atoms with Crippen molar-refractivity contribution in [3.63, 3.8) is 0 Å². The largest absolute Gasteiger partial charge is 1.00 e. The maximum absolute atomic E-state index is 11.8. The average Bonchev–Trinajstić information content (AvgIpc) is 3.20. The van der Waals surface area contributed by atoms with Gasteiger partial charge >= 0.3 is 35.7 Å². The van der Waals surface area contributed by atoms with Gasteiger partial charge in [-0.1, -0.05) is 76.9 Å². The number of hydrogen-bond donors (Lipinski definition) is 0. The topological polar surface area (TPSA) is 82.0 Å². The Kier molecular flexibility index (Phi) is 19.5. The van der Waals surface area contributed by atoms with E-state index in [4.69, 9.17) is 4.74 Å². The van der Waals surface area contributed by atoms with E-state index in [0.717, 1.165) is 24.2 Å². The summed E-state index contributed by atoms with van der Waals surface area (Å²) in [6, 6.07) is 0. The molecule has 1 rings (SSSR count). The summed E-state index contributed by atoms with van der Waals surface area (Å²) in [5, 5.41) is 10.9. The quantitative estimate of drug-likeness (QED) is 0.200. The van der Waals surface area contributed by atoms with E-state index in [1.165, 1.54) is 70.6 Å². The number of carbonyl (C=O) groups excluding carboxylic acids is 2. The third-order valence-electron chi connectivity index (χ3n) is 5.13. The molecule has 0 fully saturated rings. The third kappa shape index (κ3) is 14.2. The second-order valence-corrected chi connectivity index (χ2v) is 7.70. The first kappa shape index (κ1) is 29.1. The first-order chi connectivity index (χ1) is 14.2.